The number of hydrogen-bond donors (Lipinski definition) is 1. The van der Waals surface area contributed by atoms with Crippen LogP contribution in [0.4, 0.5) is 10.1 Å². The van der Waals surface area contributed by atoms with Gasteiger partial charge in [0.25, 0.3) is 0 Å². The van der Waals surface area contributed by atoms with E-state index in [9.17, 15) is 4.39 Å². The number of nitrogens with one attached hydrogen (secondary N) is 1. The lowest BCUT2D eigenvalue weighted by molar-refractivity contribution is 0.629. The van der Waals surface area contributed by atoms with E-state index in [4.69, 9.17) is 23.2 Å². The Kier molecular flexibility index (Phi) is 3.92. The lowest BCUT2D eigenvalue weighted by atomic mass is 10.2. The molecule has 17 heavy (non-hydrogen) atoms. The van der Waals surface area contributed by atoms with Crippen LogP contribution in [0.15, 0.2) is 23.6 Å². The van der Waals surface area contributed by atoms with E-state index in [2.05, 4.69) is 18.3 Å². The predicted molar refractivity (Wildman–Crippen MR) is 72.8 cm³/mol. The second kappa shape index (κ2) is 5.25. The first-order chi connectivity index (χ1) is 8.08. The molecular weight excluding hydrogens is 280 g/mol. The summed E-state index contributed by atoms with van der Waals surface area (Å²) < 4.78 is 13.2. The van der Waals surface area contributed by atoms with E-state index in [1.54, 1.807) is 11.3 Å². The van der Waals surface area contributed by atoms with Crippen molar-refractivity contribution < 1.29 is 4.39 Å². The summed E-state index contributed by atoms with van der Waals surface area (Å²) in [6, 6.07) is 5.13. The van der Waals surface area contributed by atoms with E-state index in [1.165, 1.54) is 22.6 Å². The maximum atomic E-state index is 13.2. The van der Waals surface area contributed by atoms with Crippen LogP contribution in [0, 0.1) is 12.7 Å². The summed E-state index contributed by atoms with van der Waals surface area (Å²) in [7, 11) is 0. The lowest BCUT2D eigenvalue weighted by Gasteiger charge is -2.08. The molecule has 0 saturated heterocycles. The minimum Gasteiger partial charge on any atom is -0.380 e. The van der Waals surface area contributed by atoms with Crippen LogP contribution in [0.2, 0.25) is 10.0 Å². The van der Waals surface area contributed by atoms with Crippen LogP contribution in [-0.4, -0.2) is 0 Å². The number of rotatable bonds is 3. The highest BCUT2D eigenvalue weighted by atomic mass is 35.5. The predicted octanol–water partition coefficient (Wildman–Crippen LogP) is 5.11. The van der Waals surface area contributed by atoms with Gasteiger partial charge >= 0.3 is 0 Å². The van der Waals surface area contributed by atoms with Crippen LogP contribution in [0.25, 0.3) is 0 Å². The Balaban J connectivity index is 2.12. The van der Waals surface area contributed by atoms with E-state index in [-0.39, 0.29) is 10.0 Å². The molecule has 0 radical (unpaired) electrons. The molecule has 2 rings (SSSR count). The van der Waals surface area contributed by atoms with Crippen LogP contribution in [-0.2, 0) is 6.54 Å². The molecule has 0 atom stereocenters. The van der Waals surface area contributed by atoms with Crippen LogP contribution in [0.5, 0.6) is 0 Å². The lowest BCUT2D eigenvalue weighted by Crippen LogP contribution is -1.99. The molecule has 0 saturated carbocycles. The molecule has 1 heterocycles. The van der Waals surface area contributed by atoms with Gasteiger partial charge in [-0.15, -0.1) is 11.3 Å². The van der Waals surface area contributed by atoms with Crippen molar-refractivity contribution in [2.24, 2.45) is 0 Å². The summed E-state index contributed by atoms with van der Waals surface area (Å²) in [5.41, 5.74) is 1.95. The van der Waals surface area contributed by atoms with Gasteiger partial charge in [-0.3, -0.25) is 0 Å². The fourth-order valence-corrected chi connectivity index (χ4v) is 2.76. The van der Waals surface area contributed by atoms with Gasteiger partial charge in [0.2, 0.25) is 0 Å². The third-order valence-corrected chi connectivity index (χ3v) is 3.98. The van der Waals surface area contributed by atoms with Crippen molar-refractivity contribution in [3.63, 3.8) is 0 Å². The molecule has 5 heteroatoms. The fraction of sp³-hybridized carbons (Fsp3) is 0.167. The van der Waals surface area contributed by atoms with E-state index >= 15 is 0 Å². The monoisotopic (exact) mass is 289 g/mol. The highest BCUT2D eigenvalue weighted by Crippen LogP contribution is 2.28. The van der Waals surface area contributed by atoms with Crippen molar-refractivity contribution >= 4 is 40.2 Å². The summed E-state index contributed by atoms with van der Waals surface area (Å²) in [5.74, 6) is -0.578. The van der Waals surface area contributed by atoms with Gasteiger partial charge < -0.3 is 5.32 Å². The molecule has 90 valence electrons. The zero-order valence-corrected chi connectivity index (χ0v) is 11.4. The van der Waals surface area contributed by atoms with Crippen LogP contribution >= 0.6 is 34.5 Å². The minimum absolute atomic E-state index is 0.0305. The molecule has 1 aromatic carbocycles. The average Bonchev–Trinajstić information content (AvgIpc) is 2.69. The first-order valence-electron chi connectivity index (χ1n) is 4.99. The number of benzene rings is 1. The van der Waals surface area contributed by atoms with Gasteiger partial charge in [0.1, 0.15) is 0 Å². The average molecular weight is 290 g/mol. The molecule has 0 bridgehead atoms. The normalized spacial score (nSPS) is 10.6. The second-order valence-electron chi connectivity index (χ2n) is 3.63. The molecule has 2 aromatic rings. The zero-order chi connectivity index (χ0) is 12.4. The summed E-state index contributed by atoms with van der Waals surface area (Å²) in [6.45, 7) is 2.74. The molecule has 0 fully saturated rings. The Morgan fingerprint density at radius 3 is 2.47 bits per heavy atom. The summed E-state index contributed by atoms with van der Waals surface area (Å²) in [6.07, 6.45) is 0. The van der Waals surface area contributed by atoms with Gasteiger partial charge in [0.15, 0.2) is 5.82 Å². The third-order valence-electron chi connectivity index (χ3n) is 2.41. The Morgan fingerprint density at radius 2 is 1.94 bits per heavy atom. The van der Waals surface area contributed by atoms with Gasteiger partial charge in [0.05, 0.1) is 10.0 Å². The fourth-order valence-electron chi connectivity index (χ4n) is 1.43. The number of anilines is 1. The van der Waals surface area contributed by atoms with Crippen molar-refractivity contribution in [1.29, 1.82) is 0 Å². The van der Waals surface area contributed by atoms with Crippen molar-refractivity contribution in [3.8, 4) is 0 Å². The summed E-state index contributed by atoms with van der Waals surface area (Å²) >= 11 is 13.1. The first-order valence-corrected chi connectivity index (χ1v) is 6.63. The maximum Gasteiger partial charge on any atom is 0.160 e. The highest BCUT2D eigenvalue weighted by molar-refractivity contribution is 7.10. The topological polar surface area (TPSA) is 12.0 Å². The molecule has 0 unspecified atom stereocenters. The molecule has 1 nitrogen and oxygen atoms in total. The Labute approximate surface area is 113 Å². The smallest absolute Gasteiger partial charge is 0.160 e. The van der Waals surface area contributed by atoms with E-state index in [0.29, 0.717) is 12.2 Å². The molecule has 0 spiro atoms. The van der Waals surface area contributed by atoms with E-state index in [1.807, 2.05) is 5.38 Å². The quantitative estimate of drug-likeness (QED) is 0.774. The number of halogens is 3. The van der Waals surface area contributed by atoms with Gasteiger partial charge in [-0.1, -0.05) is 23.2 Å². The zero-order valence-electron chi connectivity index (χ0n) is 9.06. The molecular formula is C12H10Cl2FNS. The second-order valence-corrected chi connectivity index (χ2v) is 5.45. The van der Waals surface area contributed by atoms with Gasteiger partial charge in [-0.05, 0) is 36.1 Å². The largest absolute Gasteiger partial charge is 0.380 e. The van der Waals surface area contributed by atoms with Gasteiger partial charge in [-0.25, -0.2) is 4.39 Å². The SMILES string of the molecule is Cc1ccsc1CNc1cc(Cl)c(F)c(Cl)c1. The summed E-state index contributed by atoms with van der Waals surface area (Å²) in [5, 5.41) is 5.27. The minimum atomic E-state index is -0.578. The van der Waals surface area contributed by atoms with Gasteiger partial charge in [-0.2, -0.15) is 0 Å². The van der Waals surface area contributed by atoms with E-state index in [0.717, 1.165) is 0 Å². The van der Waals surface area contributed by atoms with Crippen molar-refractivity contribution in [2.45, 2.75) is 13.5 Å². The van der Waals surface area contributed by atoms with Crippen LogP contribution < -0.4 is 5.32 Å². The Morgan fingerprint density at radius 1 is 1.29 bits per heavy atom. The molecule has 0 amide bonds. The molecule has 0 aliphatic rings. The van der Waals surface area contributed by atoms with Crippen LogP contribution in [0.1, 0.15) is 10.4 Å². The first kappa shape index (κ1) is 12.7. The number of thiophene rings is 1. The van der Waals surface area contributed by atoms with Crippen molar-refractivity contribution in [2.75, 3.05) is 5.32 Å². The van der Waals surface area contributed by atoms with Crippen molar-refractivity contribution in [3.05, 3.63) is 49.9 Å². The van der Waals surface area contributed by atoms with Gasteiger partial charge in [0, 0.05) is 17.1 Å². The Bertz CT molecular complexity index is 516. The maximum absolute atomic E-state index is 13.2. The van der Waals surface area contributed by atoms with Crippen LogP contribution in [0.3, 0.4) is 0 Å². The molecule has 0 aliphatic carbocycles. The van der Waals surface area contributed by atoms with Crippen molar-refractivity contribution in [1.82, 2.24) is 0 Å². The summed E-state index contributed by atoms with van der Waals surface area (Å²) in [4.78, 5) is 1.24. The molecule has 1 aromatic heterocycles. The molecule has 0 aliphatic heterocycles. The van der Waals surface area contributed by atoms with E-state index < -0.39 is 5.82 Å². The number of hydrogen-bond acceptors (Lipinski definition) is 2. The number of aryl methyl sites for hydroxylation is 1. The Hall–Kier alpha value is -0.770. The highest BCUT2D eigenvalue weighted by Gasteiger charge is 2.07. The third kappa shape index (κ3) is 2.92. The standard InChI is InChI=1S/C12H10Cl2FNS/c1-7-2-3-17-11(7)6-16-8-4-9(13)12(15)10(14)5-8/h2-5,16H,6H2,1H3. The molecule has 1 N–H and O–H groups in total.